The first-order valence-corrected chi connectivity index (χ1v) is 13.8. The fourth-order valence-electron chi connectivity index (χ4n) is 5.79. The standard InChI is InChI=1S/C30H34F4N4O2/c1-2-28(39)38(17-21-14-35-15-26(21)34)29(20-8-10-40-11-9-20)30-36-27(24-13-23(32)6-7-25(24)33)18-37(30)16-19-4-3-5-22(31)12-19/h3-7,12-13,18,20-21,26,29,35H,2,8-11,14-17H2,1H3. The van der Waals surface area contributed by atoms with Gasteiger partial charge in [0.1, 0.15) is 29.4 Å². The van der Waals surface area contributed by atoms with Gasteiger partial charge >= 0.3 is 0 Å². The SMILES string of the molecule is CCC(=O)N(CC1CNCC1F)C(c1nc(-c2cc(F)ccc2F)cn1Cc1cccc(F)c1)C1CCOCC1. The Hall–Kier alpha value is -3.24. The van der Waals surface area contributed by atoms with Crippen LogP contribution in [0.15, 0.2) is 48.7 Å². The summed E-state index contributed by atoms with van der Waals surface area (Å²) in [5.41, 5.74) is 0.838. The van der Waals surface area contributed by atoms with Gasteiger partial charge < -0.3 is 19.5 Å². The molecule has 0 spiro atoms. The minimum atomic E-state index is -1.09. The molecule has 0 bridgehead atoms. The number of benzene rings is 2. The van der Waals surface area contributed by atoms with E-state index in [4.69, 9.17) is 9.72 Å². The molecule has 2 aliphatic heterocycles. The van der Waals surface area contributed by atoms with Crippen molar-refractivity contribution in [3.8, 4) is 11.3 Å². The third-order valence-electron chi connectivity index (χ3n) is 7.88. The normalized spacial score (nSPS) is 20.5. The summed E-state index contributed by atoms with van der Waals surface area (Å²) in [6.45, 7) is 3.85. The molecule has 0 radical (unpaired) electrons. The van der Waals surface area contributed by atoms with Crippen molar-refractivity contribution in [3.05, 3.63) is 77.5 Å². The minimum Gasteiger partial charge on any atom is -0.381 e. The quantitative estimate of drug-likeness (QED) is 0.363. The Kier molecular flexibility index (Phi) is 8.85. The van der Waals surface area contributed by atoms with Crippen molar-refractivity contribution in [1.82, 2.24) is 19.8 Å². The summed E-state index contributed by atoms with van der Waals surface area (Å²) < 4.78 is 65.3. The zero-order valence-corrected chi connectivity index (χ0v) is 22.5. The Morgan fingerprint density at radius 3 is 2.60 bits per heavy atom. The van der Waals surface area contributed by atoms with Gasteiger partial charge in [-0.15, -0.1) is 0 Å². The smallest absolute Gasteiger partial charge is 0.222 e. The first-order valence-electron chi connectivity index (χ1n) is 13.8. The summed E-state index contributed by atoms with van der Waals surface area (Å²) in [5.74, 6) is -1.76. The van der Waals surface area contributed by atoms with E-state index in [0.717, 1.165) is 18.2 Å². The Balaban J connectivity index is 1.65. The monoisotopic (exact) mass is 558 g/mol. The van der Waals surface area contributed by atoms with Gasteiger partial charge in [0.05, 0.1) is 11.7 Å². The molecule has 2 aliphatic rings. The number of alkyl halides is 1. The zero-order chi connectivity index (χ0) is 28.2. The third-order valence-corrected chi connectivity index (χ3v) is 7.88. The van der Waals surface area contributed by atoms with Crippen molar-refractivity contribution in [1.29, 1.82) is 0 Å². The van der Waals surface area contributed by atoms with Crippen molar-refractivity contribution in [2.45, 2.75) is 44.9 Å². The van der Waals surface area contributed by atoms with Crippen LogP contribution in [0.1, 0.15) is 43.6 Å². The van der Waals surface area contributed by atoms with E-state index in [1.807, 2.05) is 0 Å². The second-order valence-electron chi connectivity index (χ2n) is 10.6. The van der Waals surface area contributed by atoms with Crippen LogP contribution in [-0.4, -0.2) is 59.4 Å². The van der Waals surface area contributed by atoms with Crippen LogP contribution < -0.4 is 5.32 Å². The van der Waals surface area contributed by atoms with E-state index in [2.05, 4.69) is 5.32 Å². The number of carbonyl (C=O) groups is 1. The zero-order valence-electron chi connectivity index (χ0n) is 22.5. The predicted octanol–water partition coefficient (Wildman–Crippen LogP) is 5.28. The number of nitrogens with zero attached hydrogens (tertiary/aromatic N) is 3. The van der Waals surface area contributed by atoms with Crippen LogP contribution in [-0.2, 0) is 16.1 Å². The number of carbonyl (C=O) groups excluding carboxylic acids is 1. The summed E-state index contributed by atoms with van der Waals surface area (Å²) in [4.78, 5) is 20.1. The fourth-order valence-corrected chi connectivity index (χ4v) is 5.79. The van der Waals surface area contributed by atoms with Crippen molar-refractivity contribution in [2.24, 2.45) is 11.8 Å². The second-order valence-corrected chi connectivity index (χ2v) is 10.6. The van der Waals surface area contributed by atoms with Gasteiger partial charge in [0.15, 0.2) is 0 Å². The molecule has 214 valence electrons. The number of ether oxygens (including phenoxy) is 1. The molecule has 10 heteroatoms. The number of amides is 1. The van der Waals surface area contributed by atoms with Gasteiger partial charge in [0, 0.05) is 63.5 Å². The van der Waals surface area contributed by atoms with E-state index in [0.29, 0.717) is 44.0 Å². The molecule has 2 aromatic carbocycles. The predicted molar refractivity (Wildman–Crippen MR) is 143 cm³/mol. The highest BCUT2D eigenvalue weighted by molar-refractivity contribution is 5.76. The molecule has 3 aromatic rings. The van der Waals surface area contributed by atoms with Crippen molar-refractivity contribution in [2.75, 3.05) is 32.8 Å². The lowest BCUT2D eigenvalue weighted by Gasteiger charge is -2.40. The van der Waals surface area contributed by atoms with Crippen LogP contribution in [0.25, 0.3) is 11.3 Å². The molecule has 1 aromatic heterocycles. The first kappa shape index (κ1) is 28.3. The van der Waals surface area contributed by atoms with Crippen molar-refractivity contribution >= 4 is 5.91 Å². The molecule has 0 saturated carbocycles. The average molecular weight is 559 g/mol. The first-order chi connectivity index (χ1) is 19.3. The molecule has 2 fully saturated rings. The summed E-state index contributed by atoms with van der Waals surface area (Å²) in [6.07, 6.45) is 2.04. The molecule has 5 rings (SSSR count). The number of aromatic nitrogens is 2. The van der Waals surface area contributed by atoms with Crippen LogP contribution in [0.4, 0.5) is 17.6 Å². The Bertz CT molecular complexity index is 1330. The van der Waals surface area contributed by atoms with Crippen LogP contribution in [0.3, 0.4) is 0 Å². The van der Waals surface area contributed by atoms with E-state index < -0.39 is 29.7 Å². The highest BCUT2D eigenvalue weighted by Crippen LogP contribution is 2.38. The number of hydrogen-bond donors (Lipinski definition) is 1. The second kappa shape index (κ2) is 12.5. The summed E-state index contributed by atoms with van der Waals surface area (Å²) in [7, 11) is 0. The highest BCUT2D eigenvalue weighted by atomic mass is 19.1. The molecule has 2 saturated heterocycles. The Morgan fingerprint density at radius 1 is 1.12 bits per heavy atom. The molecule has 3 unspecified atom stereocenters. The number of hydrogen-bond acceptors (Lipinski definition) is 4. The Labute approximate surface area is 231 Å². The fraction of sp³-hybridized carbons (Fsp3) is 0.467. The number of imidazole rings is 1. The van der Waals surface area contributed by atoms with Gasteiger partial charge in [-0.2, -0.15) is 0 Å². The lowest BCUT2D eigenvalue weighted by Crippen LogP contribution is -2.45. The number of halogens is 4. The van der Waals surface area contributed by atoms with Gasteiger partial charge in [-0.05, 0) is 54.7 Å². The molecule has 1 N–H and O–H groups in total. The molecular weight excluding hydrogens is 524 g/mol. The van der Waals surface area contributed by atoms with Crippen LogP contribution in [0, 0.1) is 29.3 Å². The van der Waals surface area contributed by atoms with Crippen molar-refractivity contribution in [3.63, 3.8) is 0 Å². The maximum absolute atomic E-state index is 14.9. The highest BCUT2D eigenvalue weighted by Gasteiger charge is 2.39. The number of nitrogens with one attached hydrogen (secondary N) is 1. The van der Waals surface area contributed by atoms with Crippen LogP contribution in [0.2, 0.25) is 0 Å². The van der Waals surface area contributed by atoms with Crippen molar-refractivity contribution < 1.29 is 27.1 Å². The molecule has 40 heavy (non-hydrogen) atoms. The maximum Gasteiger partial charge on any atom is 0.222 e. The van der Waals surface area contributed by atoms with Crippen LogP contribution >= 0.6 is 0 Å². The van der Waals surface area contributed by atoms with E-state index in [-0.39, 0.29) is 55.1 Å². The molecular formula is C30H34F4N4O2. The summed E-state index contributed by atoms with van der Waals surface area (Å²) >= 11 is 0. The van der Waals surface area contributed by atoms with Gasteiger partial charge in [-0.25, -0.2) is 22.5 Å². The van der Waals surface area contributed by atoms with E-state index in [9.17, 15) is 22.4 Å². The largest absolute Gasteiger partial charge is 0.381 e. The summed E-state index contributed by atoms with van der Waals surface area (Å²) in [6, 6.07) is 8.74. The summed E-state index contributed by atoms with van der Waals surface area (Å²) in [5, 5.41) is 3.06. The molecule has 3 atom stereocenters. The lowest BCUT2D eigenvalue weighted by atomic mass is 9.88. The molecule has 1 amide bonds. The van der Waals surface area contributed by atoms with Gasteiger partial charge in [-0.1, -0.05) is 19.1 Å². The van der Waals surface area contributed by atoms with E-state index >= 15 is 0 Å². The van der Waals surface area contributed by atoms with Gasteiger partial charge in [0.2, 0.25) is 5.91 Å². The van der Waals surface area contributed by atoms with E-state index in [1.54, 1.807) is 34.7 Å². The maximum atomic E-state index is 14.9. The third kappa shape index (κ3) is 6.23. The topological polar surface area (TPSA) is 59.4 Å². The Morgan fingerprint density at radius 2 is 1.90 bits per heavy atom. The van der Waals surface area contributed by atoms with E-state index in [1.165, 1.54) is 12.1 Å². The minimum absolute atomic E-state index is 0.0119. The molecule has 3 heterocycles. The molecule has 0 aliphatic carbocycles. The average Bonchev–Trinajstić information content (AvgIpc) is 3.55. The van der Waals surface area contributed by atoms with Gasteiger partial charge in [0.25, 0.3) is 0 Å². The molecule has 6 nitrogen and oxygen atoms in total. The lowest BCUT2D eigenvalue weighted by molar-refractivity contribution is -0.137. The van der Waals surface area contributed by atoms with Gasteiger partial charge in [-0.3, -0.25) is 4.79 Å². The van der Waals surface area contributed by atoms with Crippen LogP contribution in [0.5, 0.6) is 0 Å². The number of rotatable bonds is 9.